The smallest absolute Gasteiger partial charge is 0.289 e. The van der Waals surface area contributed by atoms with Crippen LogP contribution in [-0.4, -0.2) is 21.9 Å². The van der Waals surface area contributed by atoms with E-state index in [0.717, 1.165) is 13.0 Å². The second kappa shape index (κ2) is 3.80. The van der Waals surface area contributed by atoms with E-state index >= 15 is 0 Å². The molecule has 0 atom stereocenters. The molecular formula is C13H14N2O2. The van der Waals surface area contributed by atoms with Crippen LogP contribution >= 0.6 is 0 Å². The Bertz CT molecular complexity index is 540. The zero-order chi connectivity index (χ0) is 11.8. The number of rotatable bonds is 1. The summed E-state index contributed by atoms with van der Waals surface area (Å²) in [5, 5.41) is 0. The van der Waals surface area contributed by atoms with E-state index in [-0.39, 0.29) is 5.91 Å². The molecule has 4 heteroatoms. The van der Waals surface area contributed by atoms with E-state index in [4.69, 9.17) is 4.42 Å². The first-order valence-corrected chi connectivity index (χ1v) is 5.71. The van der Waals surface area contributed by atoms with Crippen molar-refractivity contribution in [3.05, 3.63) is 47.7 Å². The zero-order valence-corrected chi connectivity index (χ0v) is 9.72. The number of furan rings is 1. The van der Waals surface area contributed by atoms with Crippen LogP contribution in [-0.2, 0) is 20.0 Å². The van der Waals surface area contributed by atoms with Crippen molar-refractivity contribution in [2.45, 2.75) is 13.0 Å². The minimum Gasteiger partial charge on any atom is -0.459 e. The fourth-order valence-electron chi connectivity index (χ4n) is 2.35. The maximum atomic E-state index is 12.1. The fraction of sp³-hybridized carbons (Fsp3) is 0.308. The molecule has 3 rings (SSSR count). The standard InChI is InChI=1S/C13H14N2O2/c1-14-6-4-10-9-15(7-5-11(10)14)13(16)12-3-2-8-17-12/h2-4,6,8H,5,7,9H2,1H3. The van der Waals surface area contributed by atoms with Gasteiger partial charge in [0.15, 0.2) is 5.76 Å². The average molecular weight is 230 g/mol. The second-order valence-corrected chi connectivity index (χ2v) is 4.35. The Labute approximate surface area is 99.4 Å². The highest BCUT2D eigenvalue weighted by atomic mass is 16.3. The van der Waals surface area contributed by atoms with Gasteiger partial charge in [-0.05, 0) is 23.8 Å². The quantitative estimate of drug-likeness (QED) is 0.749. The molecule has 4 nitrogen and oxygen atoms in total. The molecule has 0 fully saturated rings. The third-order valence-corrected chi connectivity index (χ3v) is 3.29. The molecule has 88 valence electrons. The van der Waals surface area contributed by atoms with Gasteiger partial charge in [0.25, 0.3) is 5.91 Å². The van der Waals surface area contributed by atoms with Gasteiger partial charge in [0, 0.05) is 38.4 Å². The van der Waals surface area contributed by atoms with Crippen LogP contribution in [0.25, 0.3) is 0 Å². The molecule has 0 bridgehead atoms. The molecule has 0 aliphatic carbocycles. The van der Waals surface area contributed by atoms with Crippen LogP contribution in [0.2, 0.25) is 0 Å². The molecule has 0 saturated carbocycles. The first-order chi connectivity index (χ1) is 8.25. The van der Waals surface area contributed by atoms with Gasteiger partial charge < -0.3 is 13.9 Å². The number of hydrogen-bond acceptors (Lipinski definition) is 2. The van der Waals surface area contributed by atoms with Gasteiger partial charge in [-0.2, -0.15) is 0 Å². The van der Waals surface area contributed by atoms with Gasteiger partial charge in [-0.1, -0.05) is 0 Å². The van der Waals surface area contributed by atoms with Crippen LogP contribution in [0, 0.1) is 0 Å². The van der Waals surface area contributed by atoms with Crippen LogP contribution in [0.15, 0.2) is 35.1 Å². The molecule has 0 spiro atoms. The topological polar surface area (TPSA) is 38.4 Å². The van der Waals surface area contributed by atoms with Crippen LogP contribution in [0.1, 0.15) is 21.8 Å². The van der Waals surface area contributed by atoms with E-state index in [1.807, 2.05) is 18.1 Å². The molecule has 0 unspecified atom stereocenters. The maximum Gasteiger partial charge on any atom is 0.289 e. The van der Waals surface area contributed by atoms with Crippen molar-refractivity contribution in [3.63, 3.8) is 0 Å². The van der Waals surface area contributed by atoms with Crippen molar-refractivity contribution in [3.8, 4) is 0 Å². The third kappa shape index (κ3) is 1.65. The molecule has 2 aromatic rings. The van der Waals surface area contributed by atoms with Gasteiger partial charge >= 0.3 is 0 Å². The lowest BCUT2D eigenvalue weighted by Gasteiger charge is -2.27. The van der Waals surface area contributed by atoms with E-state index in [9.17, 15) is 4.79 Å². The van der Waals surface area contributed by atoms with Crippen molar-refractivity contribution in [1.82, 2.24) is 9.47 Å². The lowest BCUT2D eigenvalue weighted by Crippen LogP contribution is -2.35. The normalized spacial score (nSPS) is 14.8. The van der Waals surface area contributed by atoms with Crippen LogP contribution < -0.4 is 0 Å². The molecular weight excluding hydrogens is 216 g/mol. The minimum atomic E-state index is -0.0236. The first-order valence-electron chi connectivity index (χ1n) is 5.71. The van der Waals surface area contributed by atoms with Crippen molar-refractivity contribution >= 4 is 5.91 Å². The Morgan fingerprint density at radius 1 is 1.41 bits per heavy atom. The molecule has 0 radical (unpaired) electrons. The predicted octanol–water partition coefficient (Wildman–Crippen LogP) is 1.82. The molecule has 0 aromatic carbocycles. The van der Waals surface area contributed by atoms with Gasteiger partial charge in [0.05, 0.1) is 6.26 Å². The zero-order valence-electron chi connectivity index (χ0n) is 9.72. The number of aryl methyl sites for hydroxylation is 1. The Hall–Kier alpha value is -1.97. The minimum absolute atomic E-state index is 0.0236. The summed E-state index contributed by atoms with van der Waals surface area (Å²) in [5.74, 6) is 0.397. The summed E-state index contributed by atoms with van der Waals surface area (Å²) in [6.07, 6.45) is 4.49. The number of carbonyl (C=O) groups is 1. The Balaban J connectivity index is 1.83. The molecule has 3 heterocycles. The molecule has 1 aliphatic heterocycles. The van der Waals surface area contributed by atoms with Crippen molar-refractivity contribution in [2.75, 3.05) is 6.54 Å². The summed E-state index contributed by atoms with van der Waals surface area (Å²) in [4.78, 5) is 13.9. The summed E-state index contributed by atoms with van der Waals surface area (Å²) < 4.78 is 7.27. The van der Waals surface area contributed by atoms with Gasteiger partial charge in [0.2, 0.25) is 0 Å². The molecule has 0 saturated heterocycles. The molecule has 1 aliphatic rings. The molecule has 1 amide bonds. The maximum absolute atomic E-state index is 12.1. The van der Waals surface area contributed by atoms with Gasteiger partial charge in [-0.25, -0.2) is 0 Å². The Morgan fingerprint density at radius 3 is 3.06 bits per heavy atom. The number of nitrogens with zero attached hydrogens (tertiary/aromatic N) is 2. The number of hydrogen-bond donors (Lipinski definition) is 0. The molecule has 0 N–H and O–H groups in total. The predicted molar refractivity (Wildman–Crippen MR) is 62.6 cm³/mol. The van der Waals surface area contributed by atoms with Crippen molar-refractivity contribution in [1.29, 1.82) is 0 Å². The number of amides is 1. The second-order valence-electron chi connectivity index (χ2n) is 4.35. The summed E-state index contributed by atoms with van der Waals surface area (Å²) >= 11 is 0. The van der Waals surface area contributed by atoms with E-state index in [0.29, 0.717) is 12.3 Å². The van der Waals surface area contributed by atoms with E-state index in [1.165, 1.54) is 17.5 Å². The summed E-state index contributed by atoms with van der Waals surface area (Å²) in [5.41, 5.74) is 2.56. The largest absolute Gasteiger partial charge is 0.459 e. The molecule has 17 heavy (non-hydrogen) atoms. The Morgan fingerprint density at radius 2 is 2.29 bits per heavy atom. The van der Waals surface area contributed by atoms with Gasteiger partial charge in [-0.3, -0.25) is 4.79 Å². The van der Waals surface area contributed by atoms with Crippen molar-refractivity contribution in [2.24, 2.45) is 7.05 Å². The SMILES string of the molecule is Cn1ccc2c1CCN(C(=O)c1ccco1)C2. The van der Waals surface area contributed by atoms with Gasteiger partial charge in [-0.15, -0.1) is 0 Å². The number of fused-ring (bicyclic) bond motifs is 1. The van der Waals surface area contributed by atoms with Crippen LogP contribution in [0.3, 0.4) is 0 Å². The summed E-state index contributed by atoms with van der Waals surface area (Å²) in [6, 6.07) is 5.53. The van der Waals surface area contributed by atoms with Crippen LogP contribution in [0.5, 0.6) is 0 Å². The van der Waals surface area contributed by atoms with E-state index in [2.05, 4.69) is 10.6 Å². The molecule has 2 aromatic heterocycles. The van der Waals surface area contributed by atoms with Crippen molar-refractivity contribution < 1.29 is 9.21 Å². The van der Waals surface area contributed by atoms with E-state index in [1.54, 1.807) is 12.1 Å². The summed E-state index contributed by atoms with van der Waals surface area (Å²) in [7, 11) is 2.04. The third-order valence-electron chi connectivity index (χ3n) is 3.29. The monoisotopic (exact) mass is 230 g/mol. The highest BCUT2D eigenvalue weighted by molar-refractivity contribution is 5.91. The number of aromatic nitrogens is 1. The lowest BCUT2D eigenvalue weighted by atomic mass is 10.1. The van der Waals surface area contributed by atoms with E-state index < -0.39 is 0 Å². The summed E-state index contributed by atoms with van der Waals surface area (Å²) in [6.45, 7) is 1.43. The highest BCUT2D eigenvalue weighted by Gasteiger charge is 2.24. The number of carbonyl (C=O) groups excluding carboxylic acids is 1. The lowest BCUT2D eigenvalue weighted by molar-refractivity contribution is 0.0701. The first kappa shape index (κ1) is 10.2. The fourth-order valence-corrected chi connectivity index (χ4v) is 2.35. The average Bonchev–Trinajstić information content (AvgIpc) is 2.98. The highest BCUT2D eigenvalue weighted by Crippen LogP contribution is 2.21. The van der Waals surface area contributed by atoms with Gasteiger partial charge in [0.1, 0.15) is 0 Å². The Kier molecular flexibility index (Phi) is 2.28. The van der Waals surface area contributed by atoms with Crippen LogP contribution in [0.4, 0.5) is 0 Å².